The molecule has 2 nitrogen and oxygen atoms in total. The number of nitrogens with one attached hydrogen (secondary N) is 1. The molecule has 1 heterocycles. The van der Waals surface area contributed by atoms with Crippen LogP contribution in [0.3, 0.4) is 0 Å². The number of halogens is 1. The van der Waals surface area contributed by atoms with Crippen molar-refractivity contribution in [2.24, 2.45) is 0 Å². The van der Waals surface area contributed by atoms with Gasteiger partial charge in [-0.15, -0.1) is 11.3 Å². The van der Waals surface area contributed by atoms with Crippen molar-refractivity contribution in [3.63, 3.8) is 0 Å². The van der Waals surface area contributed by atoms with Crippen molar-refractivity contribution >= 4 is 27.3 Å². The van der Waals surface area contributed by atoms with Crippen LogP contribution in [0.15, 0.2) is 34.1 Å². The van der Waals surface area contributed by atoms with Crippen LogP contribution in [0.4, 0.5) is 0 Å². The number of hydrogen-bond donors (Lipinski definition) is 1. The molecule has 19 heavy (non-hydrogen) atoms. The van der Waals surface area contributed by atoms with E-state index in [1.54, 1.807) is 11.3 Å². The molecule has 0 aliphatic heterocycles. The molecule has 0 aliphatic carbocycles. The number of hydrogen-bond acceptors (Lipinski definition) is 3. The van der Waals surface area contributed by atoms with Crippen molar-refractivity contribution in [3.05, 3.63) is 50.1 Å². The van der Waals surface area contributed by atoms with Gasteiger partial charge in [0.15, 0.2) is 0 Å². The van der Waals surface area contributed by atoms with Crippen molar-refractivity contribution in [1.29, 1.82) is 0 Å². The first-order valence-electron chi connectivity index (χ1n) is 6.32. The van der Waals surface area contributed by atoms with Crippen LogP contribution < -0.4 is 10.1 Å². The van der Waals surface area contributed by atoms with E-state index in [1.165, 1.54) is 19.8 Å². The molecule has 1 aromatic heterocycles. The van der Waals surface area contributed by atoms with Gasteiger partial charge in [-0.1, -0.05) is 18.2 Å². The molecule has 2 aromatic rings. The fourth-order valence-corrected chi connectivity index (χ4v) is 3.78. The minimum absolute atomic E-state index is 0.165. The average molecular weight is 340 g/mol. The molecular formula is C15H18BrNOS. The summed E-state index contributed by atoms with van der Waals surface area (Å²) in [6.45, 7) is 4.81. The van der Waals surface area contributed by atoms with E-state index in [9.17, 15) is 0 Å². The van der Waals surface area contributed by atoms with Gasteiger partial charge in [0.05, 0.1) is 16.4 Å². The summed E-state index contributed by atoms with van der Waals surface area (Å²) in [5, 5.41) is 3.38. The van der Waals surface area contributed by atoms with Crippen molar-refractivity contribution in [2.75, 3.05) is 13.7 Å². The normalized spacial score (nSPS) is 12.4. The van der Waals surface area contributed by atoms with E-state index < -0.39 is 0 Å². The van der Waals surface area contributed by atoms with Crippen LogP contribution in [-0.2, 0) is 0 Å². The zero-order valence-electron chi connectivity index (χ0n) is 11.4. The Labute approximate surface area is 126 Å². The second-order valence-electron chi connectivity index (χ2n) is 4.30. The Morgan fingerprint density at radius 1 is 1.37 bits per heavy atom. The van der Waals surface area contributed by atoms with Crippen molar-refractivity contribution in [3.8, 4) is 5.75 Å². The minimum Gasteiger partial charge on any atom is -0.494 e. The fraction of sp³-hybridized carbons (Fsp3) is 0.333. The highest BCUT2D eigenvalue weighted by atomic mass is 79.9. The second-order valence-corrected chi connectivity index (χ2v) is 6.70. The summed E-state index contributed by atoms with van der Waals surface area (Å²) in [5.74, 6) is 0.950. The van der Waals surface area contributed by atoms with E-state index in [0.29, 0.717) is 6.61 Å². The predicted molar refractivity (Wildman–Crippen MR) is 85.3 cm³/mol. The maximum Gasteiger partial charge on any atom is 0.124 e. The highest BCUT2D eigenvalue weighted by Gasteiger charge is 2.19. The molecule has 0 fully saturated rings. The van der Waals surface area contributed by atoms with Crippen molar-refractivity contribution in [2.45, 2.75) is 19.9 Å². The number of thiophene rings is 1. The molecule has 1 aromatic carbocycles. The van der Waals surface area contributed by atoms with Crippen LogP contribution in [0.5, 0.6) is 5.75 Å². The van der Waals surface area contributed by atoms with Gasteiger partial charge in [0.25, 0.3) is 0 Å². The average Bonchev–Trinajstić information content (AvgIpc) is 2.73. The van der Waals surface area contributed by atoms with Crippen LogP contribution in [0.25, 0.3) is 0 Å². The lowest BCUT2D eigenvalue weighted by Gasteiger charge is -2.18. The highest BCUT2D eigenvalue weighted by Crippen LogP contribution is 2.37. The van der Waals surface area contributed by atoms with Crippen LogP contribution in [0.1, 0.15) is 29.0 Å². The molecule has 0 saturated heterocycles. The van der Waals surface area contributed by atoms with Crippen LogP contribution >= 0.6 is 27.3 Å². The Morgan fingerprint density at radius 3 is 2.68 bits per heavy atom. The van der Waals surface area contributed by atoms with E-state index in [-0.39, 0.29) is 6.04 Å². The van der Waals surface area contributed by atoms with Gasteiger partial charge >= 0.3 is 0 Å². The predicted octanol–water partition coefficient (Wildman–Crippen LogP) is 4.53. The smallest absolute Gasteiger partial charge is 0.124 e. The summed E-state index contributed by atoms with van der Waals surface area (Å²) in [5.41, 5.74) is 2.45. The van der Waals surface area contributed by atoms with Gasteiger partial charge in [0.1, 0.15) is 5.75 Å². The van der Waals surface area contributed by atoms with Gasteiger partial charge in [-0.05, 0) is 54.5 Å². The fourth-order valence-electron chi connectivity index (χ4n) is 2.08. The molecule has 0 aliphatic rings. The first-order valence-corrected chi connectivity index (χ1v) is 7.93. The molecule has 0 amide bonds. The Hall–Kier alpha value is -0.840. The monoisotopic (exact) mass is 339 g/mol. The molecule has 2 rings (SSSR count). The van der Waals surface area contributed by atoms with Gasteiger partial charge in [0, 0.05) is 10.4 Å². The van der Waals surface area contributed by atoms with E-state index in [0.717, 1.165) is 5.75 Å². The first-order chi connectivity index (χ1) is 9.17. The lowest BCUT2D eigenvalue weighted by molar-refractivity contribution is 0.334. The Kier molecular flexibility index (Phi) is 5.02. The quantitative estimate of drug-likeness (QED) is 0.864. The third-order valence-electron chi connectivity index (χ3n) is 2.98. The van der Waals surface area contributed by atoms with Gasteiger partial charge in [-0.3, -0.25) is 0 Å². The van der Waals surface area contributed by atoms with Gasteiger partial charge in [0.2, 0.25) is 0 Å². The molecule has 1 atom stereocenters. The number of rotatable bonds is 5. The molecule has 1 N–H and O–H groups in total. The molecule has 0 saturated carbocycles. The van der Waals surface area contributed by atoms with Crippen LogP contribution in [0, 0.1) is 6.92 Å². The van der Waals surface area contributed by atoms with Gasteiger partial charge in [-0.2, -0.15) is 0 Å². The standard InChI is InChI=1S/C15H18BrNOS/c1-4-18-12-8-6-5-7-11(12)14(17-3)13-9-10(2)15(16)19-13/h5-9,14,17H,4H2,1-3H3. The molecule has 0 spiro atoms. The SMILES string of the molecule is CCOc1ccccc1C(NC)c1cc(C)c(Br)s1. The number of para-hydroxylation sites is 1. The molecule has 1 unspecified atom stereocenters. The third kappa shape index (κ3) is 3.19. The van der Waals surface area contributed by atoms with E-state index >= 15 is 0 Å². The van der Waals surface area contributed by atoms with E-state index in [4.69, 9.17) is 4.74 Å². The van der Waals surface area contributed by atoms with Gasteiger partial charge < -0.3 is 10.1 Å². The lowest BCUT2D eigenvalue weighted by atomic mass is 10.0. The molecule has 0 bridgehead atoms. The summed E-state index contributed by atoms with van der Waals surface area (Å²) in [7, 11) is 1.98. The summed E-state index contributed by atoms with van der Waals surface area (Å²) < 4.78 is 6.92. The topological polar surface area (TPSA) is 21.3 Å². The van der Waals surface area contributed by atoms with Crippen molar-refractivity contribution < 1.29 is 4.74 Å². The third-order valence-corrected chi connectivity index (χ3v) is 5.18. The summed E-state index contributed by atoms with van der Waals surface area (Å²) in [4.78, 5) is 1.29. The molecule has 102 valence electrons. The van der Waals surface area contributed by atoms with Crippen molar-refractivity contribution in [1.82, 2.24) is 5.32 Å². The zero-order chi connectivity index (χ0) is 13.8. The Balaban J connectivity index is 2.41. The Bertz CT molecular complexity index is 533. The Morgan fingerprint density at radius 2 is 2.11 bits per heavy atom. The molecule has 4 heteroatoms. The largest absolute Gasteiger partial charge is 0.494 e. The van der Waals surface area contributed by atoms with E-state index in [2.05, 4.69) is 46.4 Å². The van der Waals surface area contributed by atoms with E-state index in [1.807, 2.05) is 26.1 Å². The second kappa shape index (κ2) is 6.55. The maximum absolute atomic E-state index is 5.73. The van der Waals surface area contributed by atoms with Crippen LogP contribution in [-0.4, -0.2) is 13.7 Å². The zero-order valence-corrected chi connectivity index (χ0v) is 13.8. The summed E-state index contributed by atoms with van der Waals surface area (Å²) in [6.07, 6.45) is 0. The maximum atomic E-state index is 5.73. The number of benzene rings is 1. The van der Waals surface area contributed by atoms with Crippen LogP contribution in [0.2, 0.25) is 0 Å². The van der Waals surface area contributed by atoms with Gasteiger partial charge in [-0.25, -0.2) is 0 Å². The molecular weight excluding hydrogens is 322 g/mol. The summed E-state index contributed by atoms with van der Waals surface area (Å²) in [6, 6.07) is 10.6. The highest BCUT2D eigenvalue weighted by molar-refractivity contribution is 9.11. The summed E-state index contributed by atoms with van der Waals surface area (Å²) >= 11 is 5.36. The molecule has 0 radical (unpaired) electrons. The lowest BCUT2D eigenvalue weighted by Crippen LogP contribution is -2.17. The number of ether oxygens (including phenoxy) is 1. The first kappa shape index (κ1) is 14.6. The number of aryl methyl sites for hydroxylation is 1. The minimum atomic E-state index is 0.165.